The van der Waals surface area contributed by atoms with E-state index in [0.717, 1.165) is 44.1 Å². The smallest absolute Gasteiger partial charge is 0.322 e. The van der Waals surface area contributed by atoms with Gasteiger partial charge in [-0.2, -0.15) is 18.3 Å². The third-order valence-corrected chi connectivity index (χ3v) is 11.9. The van der Waals surface area contributed by atoms with Gasteiger partial charge in [0.25, 0.3) is 11.3 Å². The predicted molar refractivity (Wildman–Crippen MR) is 157 cm³/mol. The number of hydrogen-bond acceptors (Lipinski definition) is 5. The Morgan fingerprint density at radius 2 is 1.12 bits per heavy atom. The molecule has 1 spiro atoms. The van der Waals surface area contributed by atoms with Gasteiger partial charge in [-0.25, -0.2) is 9.97 Å². The zero-order chi connectivity index (χ0) is 26.6. The molecule has 42 heavy (non-hydrogen) atoms. The second kappa shape index (κ2) is 6.01. The predicted octanol–water partition coefficient (Wildman–Crippen LogP) is 6.21. The Labute approximate surface area is 244 Å². The first kappa shape index (κ1) is 20.1. The lowest BCUT2D eigenvalue weighted by Gasteiger charge is -2.41. The SMILES string of the molecule is c1cc2c3c(c1)c1ccc[n+]4c1n3-c1c(ncc3c1C41c4c(cnc5c4-n4c6c(cccc6c6ccc[n+]1c64)S5)O3)S2. The van der Waals surface area contributed by atoms with Crippen molar-refractivity contribution in [2.24, 2.45) is 0 Å². The van der Waals surface area contributed by atoms with E-state index in [0.29, 0.717) is 0 Å². The van der Waals surface area contributed by atoms with Gasteiger partial charge in [-0.05, 0) is 48.5 Å². The van der Waals surface area contributed by atoms with Crippen LogP contribution in [-0.2, 0) is 5.66 Å². The van der Waals surface area contributed by atoms with Crippen molar-refractivity contribution >= 4 is 67.4 Å². The standard InChI is InChI=1S/C33H14N6OS2/c1-5-15-17-7-3-11-36-31(17)38-25(15)21(9-1)41-29-27(38)23-19(13-34-29)40-20-14-35-30-28-24(20)33(23,36)37-12-4-8-18-16-6-2-10-22(42-30)26(16)39(28)32(18)37/h1-14H/q+2. The molecule has 0 unspecified atom stereocenters. The van der Waals surface area contributed by atoms with Gasteiger partial charge in [0.2, 0.25) is 0 Å². The minimum Gasteiger partial charge on any atom is -0.452 e. The molecule has 11 heterocycles. The van der Waals surface area contributed by atoms with Gasteiger partial charge in [-0.3, -0.25) is 0 Å². The summed E-state index contributed by atoms with van der Waals surface area (Å²) in [7, 11) is 0. The summed E-state index contributed by atoms with van der Waals surface area (Å²) in [6.07, 6.45) is 8.35. The number of nitrogens with zero attached hydrogens (tertiary/aromatic N) is 6. The zero-order valence-electron chi connectivity index (χ0n) is 21.5. The molecule has 7 nitrogen and oxygen atoms in total. The number of fused-ring (bicyclic) bond motifs is 2. The molecule has 5 aliphatic rings. The summed E-state index contributed by atoms with van der Waals surface area (Å²) in [5, 5.41) is 7.00. The molecule has 0 fully saturated rings. The maximum atomic E-state index is 6.82. The number of rotatable bonds is 0. The first-order valence-corrected chi connectivity index (χ1v) is 15.5. The van der Waals surface area contributed by atoms with E-state index in [1.807, 2.05) is 12.4 Å². The van der Waals surface area contributed by atoms with Gasteiger partial charge < -0.3 is 4.74 Å². The lowest BCUT2D eigenvalue weighted by molar-refractivity contribution is -0.954. The normalized spacial score (nSPS) is 16.3. The van der Waals surface area contributed by atoms with E-state index >= 15 is 0 Å². The van der Waals surface area contributed by atoms with Crippen LogP contribution in [-0.4, -0.2) is 19.1 Å². The Hall–Kier alpha value is -4.86. The summed E-state index contributed by atoms with van der Waals surface area (Å²) in [5.74, 6) is 1.55. The molecule has 6 aromatic heterocycles. The van der Waals surface area contributed by atoms with E-state index in [4.69, 9.17) is 14.7 Å². The third-order valence-electron chi connectivity index (χ3n) is 9.83. The van der Waals surface area contributed by atoms with Gasteiger partial charge in [0.05, 0.1) is 45.4 Å². The molecule has 0 radical (unpaired) electrons. The first-order chi connectivity index (χ1) is 20.8. The minimum absolute atomic E-state index is 0.743. The molecule has 192 valence electrons. The van der Waals surface area contributed by atoms with Crippen LogP contribution >= 0.6 is 23.5 Å². The highest BCUT2D eigenvalue weighted by molar-refractivity contribution is 8.00. The Kier molecular flexibility index (Phi) is 2.88. The molecular weight excluding hydrogens is 561 g/mol. The summed E-state index contributed by atoms with van der Waals surface area (Å²) in [5.41, 5.74) is 8.58. The van der Waals surface area contributed by atoms with Crippen LogP contribution in [0.2, 0.25) is 0 Å². The first-order valence-electron chi connectivity index (χ1n) is 13.9. The molecule has 0 saturated carbocycles. The highest BCUT2D eigenvalue weighted by atomic mass is 32.2. The number of ether oxygens (including phenoxy) is 1. The molecule has 5 aliphatic heterocycles. The molecule has 0 saturated heterocycles. The lowest BCUT2D eigenvalue weighted by Crippen LogP contribution is -2.78. The molecule has 0 N–H and O–H groups in total. The largest absolute Gasteiger partial charge is 0.452 e. The molecular formula is C33H14N6OS2+2. The second-order valence-electron chi connectivity index (χ2n) is 11.5. The highest BCUT2D eigenvalue weighted by Gasteiger charge is 2.66. The van der Waals surface area contributed by atoms with E-state index in [2.05, 4.69) is 91.3 Å². The molecule has 0 aliphatic carbocycles. The van der Waals surface area contributed by atoms with Crippen LogP contribution < -0.4 is 13.9 Å². The summed E-state index contributed by atoms with van der Waals surface area (Å²) >= 11 is 3.52. The Balaban J connectivity index is 1.41. The maximum Gasteiger partial charge on any atom is 0.322 e. The van der Waals surface area contributed by atoms with Gasteiger partial charge in [-0.1, -0.05) is 35.7 Å². The average Bonchev–Trinajstić information content (AvgIpc) is 3.56. The van der Waals surface area contributed by atoms with Crippen molar-refractivity contribution in [3.8, 4) is 22.9 Å². The fourth-order valence-electron chi connectivity index (χ4n) is 8.53. The van der Waals surface area contributed by atoms with Crippen molar-refractivity contribution in [2.45, 2.75) is 25.5 Å². The fourth-order valence-corrected chi connectivity index (χ4v) is 10.6. The number of aromatic nitrogens is 6. The molecule has 9 heteroatoms. The second-order valence-corrected chi connectivity index (χ2v) is 13.5. The van der Waals surface area contributed by atoms with E-state index < -0.39 is 5.66 Å². The van der Waals surface area contributed by atoms with Crippen LogP contribution in [0, 0.1) is 0 Å². The highest BCUT2D eigenvalue weighted by Crippen LogP contribution is 2.60. The summed E-state index contributed by atoms with van der Waals surface area (Å²) in [6.45, 7) is 0. The summed E-state index contributed by atoms with van der Waals surface area (Å²) < 4.78 is 16.7. The molecule has 13 rings (SSSR count). The minimum atomic E-state index is -0.743. The van der Waals surface area contributed by atoms with E-state index in [9.17, 15) is 0 Å². The van der Waals surface area contributed by atoms with Crippen LogP contribution in [0.4, 0.5) is 0 Å². The van der Waals surface area contributed by atoms with Gasteiger partial charge in [0.1, 0.15) is 21.2 Å². The van der Waals surface area contributed by atoms with Crippen molar-refractivity contribution in [2.75, 3.05) is 0 Å². The zero-order valence-corrected chi connectivity index (χ0v) is 23.1. The maximum absolute atomic E-state index is 6.82. The van der Waals surface area contributed by atoms with Gasteiger partial charge in [-0.15, -0.1) is 0 Å². The van der Waals surface area contributed by atoms with Crippen molar-refractivity contribution in [1.29, 1.82) is 0 Å². The summed E-state index contributed by atoms with van der Waals surface area (Å²) in [4.78, 5) is 12.5. The van der Waals surface area contributed by atoms with Crippen molar-refractivity contribution < 1.29 is 13.9 Å². The van der Waals surface area contributed by atoms with Crippen LogP contribution in [0.1, 0.15) is 11.1 Å². The van der Waals surface area contributed by atoms with Crippen LogP contribution in [0.5, 0.6) is 11.5 Å². The number of para-hydroxylation sites is 2. The third kappa shape index (κ3) is 1.75. The quantitative estimate of drug-likeness (QED) is 0.202. The van der Waals surface area contributed by atoms with Gasteiger partial charge >= 0.3 is 5.66 Å². The molecule has 8 aromatic rings. The average molecular weight is 575 g/mol. The van der Waals surface area contributed by atoms with Crippen LogP contribution in [0.25, 0.3) is 55.2 Å². The molecule has 0 amide bonds. The van der Waals surface area contributed by atoms with Crippen molar-refractivity contribution in [3.63, 3.8) is 0 Å². The van der Waals surface area contributed by atoms with Crippen molar-refractivity contribution in [3.05, 3.63) is 96.6 Å². The number of hydrogen-bond donors (Lipinski definition) is 0. The molecule has 0 atom stereocenters. The van der Waals surface area contributed by atoms with E-state index in [-0.39, 0.29) is 0 Å². The molecule has 0 bridgehead atoms. The van der Waals surface area contributed by atoms with Crippen LogP contribution in [0.15, 0.2) is 105 Å². The van der Waals surface area contributed by atoms with Crippen LogP contribution in [0.3, 0.4) is 0 Å². The lowest BCUT2D eigenvalue weighted by atomic mass is 9.83. The van der Waals surface area contributed by atoms with E-state index in [1.54, 1.807) is 23.5 Å². The Morgan fingerprint density at radius 3 is 1.64 bits per heavy atom. The molecule has 2 aromatic carbocycles. The number of pyridine rings is 4. The topological polar surface area (TPSA) is 52.6 Å². The summed E-state index contributed by atoms with van der Waals surface area (Å²) in [6, 6.07) is 22.2. The Morgan fingerprint density at radius 1 is 0.619 bits per heavy atom. The monoisotopic (exact) mass is 574 g/mol. The fraction of sp³-hybridized carbons (Fsp3) is 0.0303. The van der Waals surface area contributed by atoms with Gasteiger partial charge in [0, 0.05) is 10.8 Å². The van der Waals surface area contributed by atoms with E-state index in [1.165, 1.54) is 53.7 Å². The van der Waals surface area contributed by atoms with Crippen molar-refractivity contribution in [1.82, 2.24) is 19.1 Å². The van der Waals surface area contributed by atoms with Gasteiger partial charge in [0.15, 0.2) is 33.9 Å². The Bertz CT molecular complexity index is 2550. The number of benzene rings is 2.